The second-order valence-corrected chi connectivity index (χ2v) is 9.63. The van der Waals surface area contributed by atoms with Crippen molar-refractivity contribution in [3.63, 3.8) is 0 Å². The molecular weight excluding hydrogens is 392 g/mol. The molecule has 3 aliphatic rings. The number of amides is 2. The van der Waals surface area contributed by atoms with Gasteiger partial charge in [-0.2, -0.15) is 0 Å². The summed E-state index contributed by atoms with van der Waals surface area (Å²) in [7, 11) is 0. The SMILES string of the molecule is C/C(=C\C1=CC2CCCN3CCCC(=C1)C23)SC(=O)N(C=O)CCc1ccccc1. The molecule has 2 unspecified atom stereocenters. The molecule has 0 spiro atoms. The molecule has 4 nitrogen and oxygen atoms in total. The minimum atomic E-state index is -0.210. The van der Waals surface area contributed by atoms with Gasteiger partial charge in [0.05, 0.1) is 0 Å². The van der Waals surface area contributed by atoms with E-state index in [1.807, 2.05) is 37.3 Å². The standard InChI is InChI=1S/C25H30N2O2S/c1-19(30-25(29)27(18-28)14-11-20-7-3-2-4-8-20)15-21-16-22-9-5-12-26-13-6-10-23(17-21)24(22)26/h2-4,7-8,15-18,22,24H,5-6,9-14H2,1H3/b19-15+. The first-order valence-electron chi connectivity index (χ1n) is 11.0. The molecule has 2 heterocycles. The highest BCUT2D eigenvalue weighted by Gasteiger charge is 2.36. The number of nitrogens with zero attached hydrogens (tertiary/aromatic N) is 2. The molecule has 2 atom stereocenters. The highest BCUT2D eigenvalue weighted by Crippen LogP contribution is 2.39. The lowest BCUT2D eigenvalue weighted by Crippen LogP contribution is -2.49. The van der Waals surface area contributed by atoms with Crippen LogP contribution in [-0.2, 0) is 11.2 Å². The Balaban J connectivity index is 1.38. The van der Waals surface area contributed by atoms with Crippen LogP contribution in [-0.4, -0.2) is 47.1 Å². The fourth-order valence-electron chi connectivity index (χ4n) is 4.97. The van der Waals surface area contributed by atoms with Gasteiger partial charge in [0.15, 0.2) is 0 Å². The number of hydrogen-bond donors (Lipinski definition) is 0. The van der Waals surface area contributed by atoms with E-state index in [2.05, 4.69) is 23.1 Å². The van der Waals surface area contributed by atoms with E-state index in [-0.39, 0.29) is 5.24 Å². The lowest BCUT2D eigenvalue weighted by Gasteiger charge is -2.46. The molecule has 2 amide bonds. The van der Waals surface area contributed by atoms with E-state index < -0.39 is 0 Å². The molecule has 0 bridgehead atoms. The Morgan fingerprint density at radius 1 is 1.23 bits per heavy atom. The van der Waals surface area contributed by atoms with E-state index in [1.165, 1.54) is 49.2 Å². The molecule has 4 rings (SSSR count). The van der Waals surface area contributed by atoms with E-state index >= 15 is 0 Å². The van der Waals surface area contributed by atoms with Crippen LogP contribution in [0.15, 0.2) is 64.6 Å². The fraction of sp³-hybridized carbons (Fsp3) is 0.440. The summed E-state index contributed by atoms with van der Waals surface area (Å²) in [4.78, 5) is 28.9. The Bertz CT molecular complexity index is 872. The number of piperidine rings is 2. The molecule has 0 N–H and O–H groups in total. The summed E-state index contributed by atoms with van der Waals surface area (Å²) in [6.07, 6.45) is 13.1. The summed E-state index contributed by atoms with van der Waals surface area (Å²) in [5.74, 6) is 0.594. The normalized spacial score (nSPS) is 23.8. The zero-order valence-corrected chi connectivity index (χ0v) is 18.4. The number of imide groups is 1. The highest BCUT2D eigenvalue weighted by atomic mass is 32.2. The van der Waals surface area contributed by atoms with Crippen molar-refractivity contribution in [1.29, 1.82) is 0 Å². The summed E-state index contributed by atoms with van der Waals surface area (Å²) in [5.41, 5.74) is 3.90. The second kappa shape index (κ2) is 9.80. The maximum Gasteiger partial charge on any atom is 0.292 e. The molecule has 1 aromatic rings. The van der Waals surface area contributed by atoms with Crippen LogP contribution in [0.25, 0.3) is 0 Å². The van der Waals surface area contributed by atoms with Gasteiger partial charge in [-0.15, -0.1) is 0 Å². The summed E-state index contributed by atoms with van der Waals surface area (Å²) >= 11 is 1.15. The first kappa shape index (κ1) is 21.1. The van der Waals surface area contributed by atoms with Gasteiger partial charge in [0, 0.05) is 12.6 Å². The molecule has 30 heavy (non-hydrogen) atoms. The third kappa shape index (κ3) is 4.96. The Labute approximate surface area is 183 Å². The van der Waals surface area contributed by atoms with Crippen LogP contribution in [0.1, 0.15) is 38.2 Å². The van der Waals surface area contributed by atoms with Crippen molar-refractivity contribution in [2.75, 3.05) is 19.6 Å². The van der Waals surface area contributed by atoms with Gasteiger partial charge >= 0.3 is 0 Å². The zero-order valence-electron chi connectivity index (χ0n) is 17.6. The summed E-state index contributed by atoms with van der Waals surface area (Å²) in [5, 5.41) is -0.210. The third-order valence-corrected chi connectivity index (χ3v) is 7.14. The van der Waals surface area contributed by atoms with Crippen molar-refractivity contribution >= 4 is 23.4 Å². The number of allylic oxidation sites excluding steroid dienone is 4. The minimum absolute atomic E-state index is 0.210. The average Bonchev–Trinajstić information content (AvgIpc) is 2.75. The first-order valence-corrected chi connectivity index (χ1v) is 11.8. The van der Waals surface area contributed by atoms with Crippen molar-refractivity contribution in [2.45, 2.75) is 45.1 Å². The van der Waals surface area contributed by atoms with Crippen molar-refractivity contribution in [2.24, 2.45) is 5.92 Å². The fourth-order valence-corrected chi connectivity index (χ4v) is 5.69. The molecule has 0 saturated carbocycles. The quantitative estimate of drug-likeness (QED) is 0.592. The van der Waals surface area contributed by atoms with Crippen LogP contribution >= 0.6 is 11.8 Å². The second-order valence-electron chi connectivity index (χ2n) is 8.43. The molecule has 1 aromatic carbocycles. The predicted molar refractivity (Wildman–Crippen MR) is 123 cm³/mol. The largest absolute Gasteiger partial charge is 0.296 e. The minimum Gasteiger partial charge on any atom is -0.296 e. The predicted octanol–water partition coefficient (Wildman–Crippen LogP) is 5.19. The monoisotopic (exact) mass is 422 g/mol. The molecular formula is C25H30N2O2S. The molecule has 2 fully saturated rings. The van der Waals surface area contributed by atoms with Gasteiger partial charge in [-0.25, -0.2) is 0 Å². The van der Waals surface area contributed by atoms with Gasteiger partial charge in [0.25, 0.3) is 5.24 Å². The van der Waals surface area contributed by atoms with Crippen molar-refractivity contribution in [1.82, 2.24) is 9.80 Å². The van der Waals surface area contributed by atoms with Crippen LogP contribution in [0.5, 0.6) is 0 Å². The Morgan fingerprint density at radius 2 is 2.03 bits per heavy atom. The summed E-state index contributed by atoms with van der Waals surface area (Å²) in [6, 6.07) is 10.5. The van der Waals surface area contributed by atoms with E-state index in [9.17, 15) is 9.59 Å². The summed E-state index contributed by atoms with van der Waals surface area (Å²) < 4.78 is 0. The summed E-state index contributed by atoms with van der Waals surface area (Å²) in [6.45, 7) is 4.82. The molecule has 0 radical (unpaired) electrons. The molecule has 2 saturated heterocycles. The highest BCUT2D eigenvalue weighted by molar-refractivity contribution is 8.16. The van der Waals surface area contributed by atoms with Crippen molar-refractivity contribution in [3.05, 3.63) is 70.2 Å². The van der Waals surface area contributed by atoms with E-state index in [1.54, 1.807) is 5.57 Å². The Hall–Kier alpha value is -2.11. The van der Waals surface area contributed by atoms with Crippen LogP contribution in [0.4, 0.5) is 4.79 Å². The molecule has 2 aliphatic heterocycles. The van der Waals surface area contributed by atoms with Gasteiger partial charge < -0.3 is 0 Å². The number of hydrogen-bond acceptors (Lipinski definition) is 4. The lowest BCUT2D eigenvalue weighted by atomic mass is 9.76. The maximum atomic E-state index is 12.6. The van der Waals surface area contributed by atoms with Gasteiger partial charge in [-0.05, 0) is 91.9 Å². The maximum absolute atomic E-state index is 12.6. The van der Waals surface area contributed by atoms with E-state index in [0.29, 0.717) is 31.3 Å². The number of carbonyl (C=O) groups is 2. The van der Waals surface area contributed by atoms with Gasteiger partial charge in [-0.3, -0.25) is 19.4 Å². The molecule has 1 aliphatic carbocycles. The van der Waals surface area contributed by atoms with Crippen LogP contribution in [0.2, 0.25) is 0 Å². The lowest BCUT2D eigenvalue weighted by molar-refractivity contribution is -0.115. The van der Waals surface area contributed by atoms with Crippen LogP contribution in [0, 0.1) is 5.92 Å². The molecule has 0 aromatic heterocycles. The van der Waals surface area contributed by atoms with Gasteiger partial charge in [0.2, 0.25) is 6.41 Å². The van der Waals surface area contributed by atoms with Crippen molar-refractivity contribution < 1.29 is 9.59 Å². The Kier molecular flexibility index (Phi) is 6.90. The number of benzene rings is 1. The van der Waals surface area contributed by atoms with Crippen LogP contribution in [0.3, 0.4) is 0 Å². The zero-order chi connectivity index (χ0) is 20.9. The van der Waals surface area contributed by atoms with Crippen molar-refractivity contribution in [3.8, 4) is 0 Å². The molecule has 158 valence electrons. The first-order chi connectivity index (χ1) is 14.6. The third-order valence-electron chi connectivity index (χ3n) is 6.30. The topological polar surface area (TPSA) is 40.6 Å². The Morgan fingerprint density at radius 3 is 2.83 bits per heavy atom. The number of carbonyl (C=O) groups excluding carboxylic acids is 2. The van der Waals surface area contributed by atoms with E-state index in [4.69, 9.17) is 0 Å². The average molecular weight is 423 g/mol. The van der Waals surface area contributed by atoms with Gasteiger partial charge in [0.1, 0.15) is 0 Å². The number of thioether (sulfide) groups is 1. The smallest absolute Gasteiger partial charge is 0.292 e. The van der Waals surface area contributed by atoms with E-state index in [0.717, 1.165) is 22.2 Å². The number of rotatable bonds is 6. The molecule has 5 heteroatoms. The van der Waals surface area contributed by atoms with Crippen LogP contribution < -0.4 is 0 Å². The van der Waals surface area contributed by atoms with Gasteiger partial charge in [-0.1, -0.05) is 48.1 Å².